The number of anilines is 1. The van der Waals surface area contributed by atoms with E-state index in [1.165, 1.54) is 29.1 Å². The van der Waals surface area contributed by atoms with Crippen LogP contribution in [0.5, 0.6) is 0 Å². The smallest absolute Gasteiger partial charge is 0.263 e. The molecule has 0 bridgehead atoms. The minimum absolute atomic E-state index is 0.184. The first-order chi connectivity index (χ1) is 17.5. The van der Waals surface area contributed by atoms with Gasteiger partial charge < -0.3 is 10.7 Å². The Labute approximate surface area is 202 Å². The second-order valence-corrected chi connectivity index (χ2v) is 8.26. The van der Waals surface area contributed by atoms with Crippen molar-refractivity contribution < 1.29 is 4.39 Å². The third kappa shape index (κ3) is 3.52. The highest BCUT2D eigenvalue weighted by Gasteiger charge is 2.20. The number of nitrogen functional groups attached to an aromatic ring is 1. The summed E-state index contributed by atoms with van der Waals surface area (Å²) in [6.45, 7) is 0.184. The Hall–Kier alpha value is -5.12. The fourth-order valence-electron chi connectivity index (χ4n) is 4.39. The van der Waals surface area contributed by atoms with Gasteiger partial charge in [-0.3, -0.25) is 14.0 Å². The topological polar surface area (TPSA) is 124 Å². The fourth-order valence-corrected chi connectivity index (χ4v) is 4.39. The Kier molecular flexibility index (Phi) is 4.92. The molecule has 3 N–H and O–H groups in total. The summed E-state index contributed by atoms with van der Waals surface area (Å²) < 4.78 is 16.9. The van der Waals surface area contributed by atoms with Crippen LogP contribution < -0.4 is 16.9 Å². The number of aromatic nitrogens is 6. The van der Waals surface area contributed by atoms with Gasteiger partial charge in [0, 0.05) is 29.5 Å². The molecule has 176 valence electrons. The first-order valence-electron chi connectivity index (χ1n) is 11.0. The zero-order valence-corrected chi connectivity index (χ0v) is 18.7. The van der Waals surface area contributed by atoms with E-state index in [4.69, 9.17) is 10.8 Å². The van der Waals surface area contributed by atoms with Crippen molar-refractivity contribution in [2.24, 2.45) is 0 Å². The molecule has 10 heteroatoms. The average molecular weight is 479 g/mol. The Morgan fingerprint density at radius 1 is 0.972 bits per heavy atom. The highest BCUT2D eigenvalue weighted by atomic mass is 19.1. The molecule has 0 aliphatic carbocycles. The number of nitrogens with zero attached hydrogens (tertiary/aromatic N) is 5. The van der Waals surface area contributed by atoms with Crippen LogP contribution in [0.2, 0.25) is 0 Å². The van der Waals surface area contributed by atoms with Crippen LogP contribution >= 0.6 is 0 Å². The number of hydrogen-bond donors (Lipinski definition) is 2. The lowest BCUT2D eigenvalue weighted by Crippen LogP contribution is -2.19. The van der Waals surface area contributed by atoms with Gasteiger partial charge in [-0.1, -0.05) is 30.3 Å². The minimum Gasteiger partial charge on any atom is -0.383 e. The van der Waals surface area contributed by atoms with Crippen molar-refractivity contribution in [1.29, 1.82) is 0 Å². The second kappa shape index (κ2) is 8.27. The number of H-pyrrole nitrogens is 1. The molecule has 1 aromatic carbocycles. The Morgan fingerprint density at radius 3 is 2.58 bits per heavy atom. The molecule has 6 aromatic rings. The van der Waals surface area contributed by atoms with Gasteiger partial charge in [0.1, 0.15) is 23.7 Å². The second-order valence-electron chi connectivity index (χ2n) is 8.26. The maximum Gasteiger partial charge on any atom is 0.263 e. The maximum absolute atomic E-state index is 14.0. The van der Waals surface area contributed by atoms with Gasteiger partial charge in [0.2, 0.25) is 5.56 Å². The van der Waals surface area contributed by atoms with Crippen LogP contribution in [0.25, 0.3) is 38.9 Å². The number of fused-ring (bicyclic) bond motifs is 2. The molecule has 6 rings (SSSR count). The Bertz CT molecular complexity index is 1870. The lowest BCUT2D eigenvalue weighted by atomic mass is 10.0. The van der Waals surface area contributed by atoms with Gasteiger partial charge in [-0.05, 0) is 35.4 Å². The van der Waals surface area contributed by atoms with E-state index in [0.29, 0.717) is 44.5 Å². The molecule has 5 heterocycles. The number of aromatic amines is 1. The number of pyridine rings is 3. The number of benzene rings is 1. The van der Waals surface area contributed by atoms with E-state index in [0.717, 1.165) is 0 Å². The van der Waals surface area contributed by atoms with Crippen LogP contribution in [-0.2, 0) is 6.54 Å². The van der Waals surface area contributed by atoms with Crippen LogP contribution in [0.4, 0.5) is 10.2 Å². The van der Waals surface area contributed by atoms with Gasteiger partial charge in [0.25, 0.3) is 5.56 Å². The summed E-state index contributed by atoms with van der Waals surface area (Å²) in [5, 5.41) is 5.28. The summed E-state index contributed by atoms with van der Waals surface area (Å²) in [5.74, 6) is -0.267. The van der Waals surface area contributed by atoms with Crippen molar-refractivity contribution in [2.75, 3.05) is 5.73 Å². The Balaban J connectivity index is 1.60. The molecular weight excluding hydrogens is 461 g/mol. The standard InChI is InChI=1S/C26H18FN7O2/c27-18-7-8-19-10-17(21(26(36)33(19)13-18)15-4-2-1-3-5-15)12-34-25-22(24(28)30-14-31-25)23(32-34)16-6-9-20(35)29-11-16/h1-11,13-14H,12H2,(H,29,35)(H2,28,30,31). The molecule has 0 atom stereocenters. The summed E-state index contributed by atoms with van der Waals surface area (Å²) in [7, 11) is 0. The van der Waals surface area contributed by atoms with Crippen molar-refractivity contribution in [2.45, 2.75) is 6.54 Å². The van der Waals surface area contributed by atoms with Gasteiger partial charge in [-0.15, -0.1) is 0 Å². The summed E-state index contributed by atoms with van der Waals surface area (Å²) >= 11 is 0. The number of rotatable bonds is 4. The number of nitrogens with two attached hydrogens (primary N) is 1. The highest BCUT2D eigenvalue weighted by molar-refractivity contribution is 5.98. The van der Waals surface area contributed by atoms with Crippen molar-refractivity contribution in [3.63, 3.8) is 0 Å². The van der Waals surface area contributed by atoms with Gasteiger partial charge in [-0.25, -0.2) is 19.0 Å². The molecule has 0 fully saturated rings. The third-order valence-corrected chi connectivity index (χ3v) is 6.02. The summed E-state index contributed by atoms with van der Waals surface area (Å²) in [5.41, 5.74) is 9.56. The SMILES string of the molecule is Nc1ncnc2c1c(-c1ccc(=O)[nH]c1)nn2Cc1cc2ccc(F)cn2c(=O)c1-c1ccccc1. The molecule has 0 saturated heterocycles. The first-order valence-corrected chi connectivity index (χ1v) is 11.0. The molecule has 0 saturated carbocycles. The normalized spacial score (nSPS) is 11.4. The Morgan fingerprint density at radius 2 is 1.81 bits per heavy atom. The zero-order valence-electron chi connectivity index (χ0n) is 18.7. The van der Waals surface area contributed by atoms with Crippen molar-refractivity contribution in [3.8, 4) is 22.4 Å². The van der Waals surface area contributed by atoms with Crippen molar-refractivity contribution >= 4 is 22.4 Å². The molecule has 0 aliphatic heterocycles. The molecule has 0 unspecified atom stereocenters. The number of nitrogens with one attached hydrogen (secondary N) is 1. The van der Waals surface area contributed by atoms with Gasteiger partial charge in [0.15, 0.2) is 5.65 Å². The van der Waals surface area contributed by atoms with E-state index in [-0.39, 0.29) is 23.5 Å². The fraction of sp³-hybridized carbons (Fsp3) is 0.0385. The lowest BCUT2D eigenvalue weighted by molar-refractivity contribution is 0.618. The zero-order chi connectivity index (χ0) is 24.8. The van der Waals surface area contributed by atoms with Crippen LogP contribution in [0.3, 0.4) is 0 Å². The van der Waals surface area contributed by atoms with E-state index in [9.17, 15) is 14.0 Å². The molecule has 0 spiro atoms. The molecule has 0 aliphatic rings. The quantitative estimate of drug-likeness (QED) is 0.400. The molecular formula is C26H18FN7O2. The lowest BCUT2D eigenvalue weighted by Gasteiger charge is -2.13. The van der Waals surface area contributed by atoms with Crippen LogP contribution in [0.15, 0.2) is 89.0 Å². The van der Waals surface area contributed by atoms with E-state index < -0.39 is 5.82 Å². The summed E-state index contributed by atoms with van der Waals surface area (Å²) in [4.78, 5) is 36.3. The molecule has 9 nitrogen and oxygen atoms in total. The highest BCUT2D eigenvalue weighted by Crippen LogP contribution is 2.31. The predicted molar refractivity (Wildman–Crippen MR) is 134 cm³/mol. The van der Waals surface area contributed by atoms with E-state index in [2.05, 4.69) is 15.0 Å². The summed E-state index contributed by atoms with van der Waals surface area (Å²) in [6, 6.07) is 16.9. The van der Waals surface area contributed by atoms with E-state index >= 15 is 0 Å². The van der Waals surface area contributed by atoms with E-state index in [1.807, 2.05) is 36.4 Å². The predicted octanol–water partition coefficient (Wildman–Crippen LogP) is 3.23. The van der Waals surface area contributed by atoms with Gasteiger partial charge in [-0.2, -0.15) is 5.10 Å². The molecule has 0 amide bonds. The van der Waals surface area contributed by atoms with Crippen molar-refractivity contribution in [3.05, 3.63) is 111 Å². The van der Waals surface area contributed by atoms with Crippen LogP contribution in [0.1, 0.15) is 5.56 Å². The molecule has 0 radical (unpaired) electrons. The van der Waals surface area contributed by atoms with E-state index in [1.54, 1.807) is 23.0 Å². The van der Waals surface area contributed by atoms with Crippen molar-refractivity contribution in [1.82, 2.24) is 29.1 Å². The monoisotopic (exact) mass is 479 g/mol. The first kappa shape index (κ1) is 21.4. The molecule has 5 aromatic heterocycles. The largest absolute Gasteiger partial charge is 0.383 e. The van der Waals surface area contributed by atoms with Crippen LogP contribution in [-0.4, -0.2) is 29.1 Å². The van der Waals surface area contributed by atoms with Gasteiger partial charge >= 0.3 is 0 Å². The summed E-state index contributed by atoms with van der Waals surface area (Å²) in [6.07, 6.45) is 4.08. The van der Waals surface area contributed by atoms with Gasteiger partial charge in [0.05, 0.1) is 17.5 Å². The molecule has 36 heavy (non-hydrogen) atoms. The average Bonchev–Trinajstić information content (AvgIpc) is 3.25. The number of hydrogen-bond acceptors (Lipinski definition) is 6. The van der Waals surface area contributed by atoms with Crippen LogP contribution in [0, 0.1) is 5.82 Å². The third-order valence-electron chi connectivity index (χ3n) is 6.02. The maximum atomic E-state index is 14.0. The number of halogens is 1. The minimum atomic E-state index is -0.507.